The van der Waals surface area contributed by atoms with E-state index in [2.05, 4.69) is 34.4 Å². The quantitative estimate of drug-likeness (QED) is 0.581. The van der Waals surface area contributed by atoms with Crippen molar-refractivity contribution in [3.63, 3.8) is 0 Å². The normalized spacial score (nSPS) is 17.7. The number of likely N-dealkylation sites (tertiary alicyclic amines) is 1. The van der Waals surface area contributed by atoms with E-state index in [1.807, 2.05) is 38.2 Å². The van der Waals surface area contributed by atoms with Crippen molar-refractivity contribution >= 4 is 11.9 Å². The van der Waals surface area contributed by atoms with Crippen LogP contribution in [0.15, 0.2) is 29.3 Å². The van der Waals surface area contributed by atoms with Gasteiger partial charge >= 0.3 is 0 Å². The molecule has 0 radical (unpaired) electrons. The Balaban J connectivity index is 1.94. The maximum Gasteiger partial charge on any atom is 0.251 e. The summed E-state index contributed by atoms with van der Waals surface area (Å²) in [5.74, 6) is 2.52. The average Bonchev–Trinajstić information content (AvgIpc) is 3.13. The molecular weight excluding hydrogens is 324 g/mol. The fourth-order valence-corrected chi connectivity index (χ4v) is 3.92. The maximum absolute atomic E-state index is 12.0. The zero-order valence-corrected chi connectivity index (χ0v) is 16.7. The Kier molecular flexibility index (Phi) is 7.95. The highest BCUT2D eigenvalue weighted by molar-refractivity contribution is 5.94. The molecule has 1 amide bonds. The van der Waals surface area contributed by atoms with E-state index < -0.39 is 0 Å². The fraction of sp³-hybridized carbons (Fsp3) is 0.619. The lowest BCUT2D eigenvalue weighted by Crippen LogP contribution is -2.40. The highest BCUT2D eigenvalue weighted by Crippen LogP contribution is 2.28. The Morgan fingerprint density at radius 1 is 1.27 bits per heavy atom. The standard InChI is InChI=1S/C21H34N4O/c1-5-17(6-2)19-11-12-25(15-19)21(22-4)24-14-16-9-8-10-18(13-16)20(26)23-7-3/h8-10,13,17,19H,5-7,11-12,14-15H2,1-4H3,(H,22,24)(H,23,26). The van der Waals surface area contributed by atoms with Gasteiger partial charge in [-0.2, -0.15) is 0 Å². The summed E-state index contributed by atoms with van der Waals surface area (Å²) < 4.78 is 0. The van der Waals surface area contributed by atoms with E-state index in [1.54, 1.807) is 0 Å². The monoisotopic (exact) mass is 358 g/mol. The molecule has 26 heavy (non-hydrogen) atoms. The predicted octanol–water partition coefficient (Wildman–Crippen LogP) is 3.27. The van der Waals surface area contributed by atoms with Crippen LogP contribution in [0.4, 0.5) is 0 Å². The molecule has 0 spiro atoms. The molecule has 2 N–H and O–H groups in total. The zero-order chi connectivity index (χ0) is 18.9. The third-order valence-electron chi connectivity index (χ3n) is 5.43. The summed E-state index contributed by atoms with van der Waals surface area (Å²) in [6, 6.07) is 7.77. The van der Waals surface area contributed by atoms with Crippen molar-refractivity contribution in [2.75, 3.05) is 26.7 Å². The topological polar surface area (TPSA) is 56.7 Å². The number of rotatable bonds is 7. The van der Waals surface area contributed by atoms with Crippen molar-refractivity contribution in [3.8, 4) is 0 Å². The van der Waals surface area contributed by atoms with Gasteiger partial charge in [-0.25, -0.2) is 0 Å². The van der Waals surface area contributed by atoms with Gasteiger partial charge in [-0.05, 0) is 42.9 Å². The van der Waals surface area contributed by atoms with Crippen molar-refractivity contribution in [2.24, 2.45) is 16.8 Å². The van der Waals surface area contributed by atoms with E-state index in [0.717, 1.165) is 36.4 Å². The first-order valence-corrected chi connectivity index (χ1v) is 9.95. The molecule has 1 aromatic carbocycles. The van der Waals surface area contributed by atoms with E-state index in [0.29, 0.717) is 18.7 Å². The Bertz CT molecular complexity index is 610. The number of hydrogen-bond donors (Lipinski definition) is 2. The summed E-state index contributed by atoms with van der Waals surface area (Å²) in [4.78, 5) is 18.8. The van der Waals surface area contributed by atoms with E-state index in [-0.39, 0.29) is 5.91 Å². The van der Waals surface area contributed by atoms with E-state index in [4.69, 9.17) is 0 Å². The van der Waals surface area contributed by atoms with Crippen molar-refractivity contribution < 1.29 is 4.79 Å². The lowest BCUT2D eigenvalue weighted by Gasteiger charge is -2.24. The van der Waals surface area contributed by atoms with Crippen molar-refractivity contribution in [3.05, 3.63) is 35.4 Å². The van der Waals surface area contributed by atoms with Gasteiger partial charge in [0.15, 0.2) is 5.96 Å². The molecule has 0 bridgehead atoms. The van der Waals surface area contributed by atoms with Crippen LogP contribution >= 0.6 is 0 Å². The predicted molar refractivity (Wildman–Crippen MR) is 108 cm³/mol. The number of carbonyl (C=O) groups is 1. The molecule has 1 saturated heterocycles. The number of nitrogens with one attached hydrogen (secondary N) is 2. The average molecular weight is 359 g/mol. The molecule has 2 rings (SSSR count). The SMILES string of the molecule is CCNC(=O)c1cccc(CNC(=NC)N2CCC(C(CC)CC)C2)c1. The third-order valence-corrected chi connectivity index (χ3v) is 5.43. The summed E-state index contributed by atoms with van der Waals surface area (Å²) in [6.07, 6.45) is 3.76. The number of carbonyl (C=O) groups excluding carboxylic acids is 1. The van der Waals surface area contributed by atoms with Gasteiger partial charge in [0, 0.05) is 38.8 Å². The van der Waals surface area contributed by atoms with E-state index in [1.165, 1.54) is 19.3 Å². The van der Waals surface area contributed by atoms with Crippen molar-refractivity contribution in [2.45, 2.75) is 46.6 Å². The molecule has 0 aliphatic carbocycles. The second-order valence-electron chi connectivity index (χ2n) is 7.03. The number of nitrogens with zero attached hydrogens (tertiary/aromatic N) is 2. The smallest absolute Gasteiger partial charge is 0.251 e. The lowest BCUT2D eigenvalue weighted by atomic mass is 9.87. The van der Waals surface area contributed by atoms with Crippen molar-refractivity contribution in [1.29, 1.82) is 0 Å². The van der Waals surface area contributed by atoms with Gasteiger partial charge in [0.1, 0.15) is 0 Å². The summed E-state index contributed by atoms with van der Waals surface area (Å²) in [5.41, 5.74) is 1.79. The molecule has 1 fully saturated rings. The van der Waals surface area contributed by atoms with Gasteiger partial charge in [0.05, 0.1) is 0 Å². The van der Waals surface area contributed by atoms with Gasteiger partial charge in [0.25, 0.3) is 5.91 Å². The lowest BCUT2D eigenvalue weighted by molar-refractivity contribution is 0.0955. The van der Waals surface area contributed by atoms with Gasteiger partial charge in [-0.1, -0.05) is 38.8 Å². The first kappa shape index (κ1) is 20.3. The van der Waals surface area contributed by atoms with E-state index in [9.17, 15) is 4.79 Å². The van der Waals surface area contributed by atoms with Gasteiger partial charge < -0.3 is 15.5 Å². The molecular formula is C21H34N4O. The molecule has 5 heteroatoms. The maximum atomic E-state index is 12.0. The molecule has 0 aromatic heterocycles. The Morgan fingerprint density at radius 3 is 2.69 bits per heavy atom. The second kappa shape index (κ2) is 10.2. The van der Waals surface area contributed by atoms with Crippen LogP contribution in [0.5, 0.6) is 0 Å². The Labute approximate surface area is 158 Å². The van der Waals surface area contributed by atoms with Crippen LogP contribution < -0.4 is 10.6 Å². The molecule has 144 valence electrons. The molecule has 1 aromatic rings. The van der Waals surface area contributed by atoms with Crippen LogP contribution in [0.25, 0.3) is 0 Å². The minimum Gasteiger partial charge on any atom is -0.352 e. The number of guanidine groups is 1. The van der Waals surface area contributed by atoms with E-state index >= 15 is 0 Å². The third kappa shape index (κ3) is 5.23. The molecule has 1 atom stereocenters. The zero-order valence-electron chi connectivity index (χ0n) is 16.7. The first-order valence-electron chi connectivity index (χ1n) is 9.95. The fourth-order valence-electron chi connectivity index (χ4n) is 3.92. The number of hydrogen-bond acceptors (Lipinski definition) is 2. The summed E-state index contributed by atoms with van der Waals surface area (Å²) in [7, 11) is 1.85. The van der Waals surface area contributed by atoms with Gasteiger partial charge in [-0.3, -0.25) is 9.79 Å². The van der Waals surface area contributed by atoms with Crippen LogP contribution in [-0.4, -0.2) is 43.4 Å². The molecule has 1 aliphatic rings. The second-order valence-corrected chi connectivity index (χ2v) is 7.03. The number of benzene rings is 1. The highest BCUT2D eigenvalue weighted by atomic mass is 16.1. The van der Waals surface area contributed by atoms with Crippen LogP contribution in [0.2, 0.25) is 0 Å². The van der Waals surface area contributed by atoms with Crippen LogP contribution in [-0.2, 0) is 6.54 Å². The van der Waals surface area contributed by atoms with Crippen LogP contribution in [0, 0.1) is 11.8 Å². The highest BCUT2D eigenvalue weighted by Gasteiger charge is 2.29. The summed E-state index contributed by atoms with van der Waals surface area (Å²) in [5, 5.41) is 6.31. The molecule has 5 nitrogen and oxygen atoms in total. The van der Waals surface area contributed by atoms with Crippen molar-refractivity contribution in [1.82, 2.24) is 15.5 Å². The number of aliphatic imine (C=N–C) groups is 1. The summed E-state index contributed by atoms with van der Waals surface area (Å²) in [6.45, 7) is 9.99. The van der Waals surface area contributed by atoms with Crippen LogP contribution in [0.3, 0.4) is 0 Å². The first-order chi connectivity index (χ1) is 12.6. The largest absolute Gasteiger partial charge is 0.352 e. The minimum absolute atomic E-state index is 0.0220. The molecule has 1 heterocycles. The molecule has 0 saturated carbocycles. The van der Waals surface area contributed by atoms with Gasteiger partial charge in [-0.15, -0.1) is 0 Å². The Hall–Kier alpha value is -2.04. The minimum atomic E-state index is -0.0220. The number of amides is 1. The summed E-state index contributed by atoms with van der Waals surface area (Å²) >= 11 is 0. The van der Waals surface area contributed by atoms with Crippen LogP contribution in [0.1, 0.15) is 56.0 Å². The molecule has 1 aliphatic heterocycles. The molecule has 1 unspecified atom stereocenters. The Morgan fingerprint density at radius 2 is 2.04 bits per heavy atom. The van der Waals surface area contributed by atoms with Gasteiger partial charge in [0.2, 0.25) is 0 Å².